The standard InChI is InChI=1S/C54H42O2S4/c1-31-7-15-35(16-8-31)53(36-17-9-32(2)10-18-36)41-27-40-42(28-39(41)49-43(53)29-47(59-49)51-45(55-5)23-25-57-51)54(37-19-11-33(3)12-20-37,38-21-13-34(4)14-22-38)44-30-48(60-50(40)44)52-46(56-6)24-26-58-52/h7-30H,1-6H3. The van der Waals surface area contributed by atoms with Gasteiger partial charge in [0, 0.05) is 19.5 Å². The lowest BCUT2D eigenvalue weighted by Crippen LogP contribution is -2.30. The quantitative estimate of drug-likeness (QED) is 0.152. The van der Waals surface area contributed by atoms with Crippen LogP contribution in [-0.2, 0) is 10.8 Å². The fraction of sp³-hybridized carbons (Fsp3) is 0.148. The minimum atomic E-state index is -0.559. The van der Waals surface area contributed by atoms with Crippen LogP contribution in [0, 0.1) is 27.7 Å². The lowest BCUT2D eigenvalue weighted by Gasteiger charge is -2.35. The summed E-state index contributed by atoms with van der Waals surface area (Å²) < 4.78 is 11.9. The van der Waals surface area contributed by atoms with Gasteiger partial charge in [0.1, 0.15) is 11.5 Å². The van der Waals surface area contributed by atoms with Gasteiger partial charge in [0.25, 0.3) is 0 Å². The molecule has 0 amide bonds. The lowest BCUT2D eigenvalue weighted by molar-refractivity contribution is 0.418. The smallest absolute Gasteiger partial charge is 0.138 e. The monoisotopic (exact) mass is 850 g/mol. The Hall–Kier alpha value is -5.50. The number of rotatable bonds is 8. The molecule has 4 heterocycles. The van der Waals surface area contributed by atoms with Crippen molar-refractivity contribution in [1.29, 1.82) is 0 Å². The van der Waals surface area contributed by atoms with Crippen molar-refractivity contribution in [3.05, 3.63) is 211 Å². The van der Waals surface area contributed by atoms with Crippen LogP contribution in [0.25, 0.3) is 40.4 Å². The van der Waals surface area contributed by atoms with Crippen LogP contribution in [0.15, 0.2) is 144 Å². The maximum atomic E-state index is 5.95. The molecule has 6 heteroatoms. The summed E-state index contributed by atoms with van der Waals surface area (Å²) in [6.45, 7) is 8.74. The van der Waals surface area contributed by atoms with Crippen LogP contribution < -0.4 is 9.47 Å². The van der Waals surface area contributed by atoms with Gasteiger partial charge in [-0.15, -0.1) is 45.3 Å². The number of hydrogen-bond acceptors (Lipinski definition) is 6. The van der Waals surface area contributed by atoms with Crippen LogP contribution in [0.3, 0.4) is 0 Å². The summed E-state index contributed by atoms with van der Waals surface area (Å²) in [6, 6.07) is 51.5. The normalized spacial score (nSPS) is 14.1. The number of hydrogen-bond donors (Lipinski definition) is 0. The second-order valence-electron chi connectivity index (χ2n) is 16.3. The van der Waals surface area contributed by atoms with Gasteiger partial charge in [-0.05, 0) is 130 Å². The first-order valence-corrected chi connectivity index (χ1v) is 23.7. The Kier molecular flexibility index (Phi) is 8.77. The van der Waals surface area contributed by atoms with E-state index in [2.05, 4.69) is 172 Å². The average Bonchev–Trinajstić information content (AvgIpc) is 4.12. The molecular formula is C54H42O2S4. The molecule has 0 atom stereocenters. The molecule has 294 valence electrons. The van der Waals surface area contributed by atoms with Gasteiger partial charge in [0.05, 0.1) is 34.8 Å². The second kappa shape index (κ2) is 14.0. The highest BCUT2D eigenvalue weighted by atomic mass is 32.1. The number of fused-ring (bicyclic) bond motifs is 6. The van der Waals surface area contributed by atoms with E-state index in [0.717, 1.165) is 11.5 Å². The van der Waals surface area contributed by atoms with E-state index < -0.39 is 10.8 Å². The molecule has 5 aromatic carbocycles. The average molecular weight is 851 g/mol. The van der Waals surface area contributed by atoms with E-state index >= 15 is 0 Å². The summed E-state index contributed by atoms with van der Waals surface area (Å²) >= 11 is 7.31. The van der Waals surface area contributed by atoms with Gasteiger partial charge in [-0.25, -0.2) is 0 Å². The largest absolute Gasteiger partial charge is 0.495 e. The van der Waals surface area contributed by atoms with Crippen molar-refractivity contribution in [2.45, 2.75) is 38.5 Å². The van der Waals surface area contributed by atoms with E-state index in [9.17, 15) is 0 Å². The van der Waals surface area contributed by atoms with Gasteiger partial charge in [-0.2, -0.15) is 0 Å². The zero-order valence-electron chi connectivity index (χ0n) is 34.3. The van der Waals surface area contributed by atoms with Crippen LogP contribution in [0.2, 0.25) is 0 Å². The predicted molar refractivity (Wildman–Crippen MR) is 255 cm³/mol. The Morgan fingerprint density at radius 2 is 0.683 bits per heavy atom. The molecule has 0 saturated carbocycles. The van der Waals surface area contributed by atoms with Crippen molar-refractivity contribution in [3.8, 4) is 51.9 Å². The molecule has 2 nitrogen and oxygen atoms in total. The SMILES string of the molecule is COc1ccsc1-c1cc2c(s1)-c1cc3c(cc1C2(c1ccc(C)cc1)c1ccc(C)cc1)-c1sc(-c2sccc2OC)cc1C3(c1ccc(C)cc1)c1ccc(C)cc1. The van der Waals surface area contributed by atoms with Gasteiger partial charge in [0.2, 0.25) is 0 Å². The zero-order valence-corrected chi connectivity index (χ0v) is 37.6. The summed E-state index contributed by atoms with van der Waals surface area (Å²) in [6.07, 6.45) is 0. The Balaban J connectivity index is 1.30. The Labute approximate surface area is 368 Å². The van der Waals surface area contributed by atoms with Gasteiger partial charge in [0.15, 0.2) is 0 Å². The zero-order chi connectivity index (χ0) is 40.9. The predicted octanol–water partition coefficient (Wildman–Crippen LogP) is 15.2. The van der Waals surface area contributed by atoms with Crippen molar-refractivity contribution in [1.82, 2.24) is 0 Å². The van der Waals surface area contributed by atoms with E-state index in [1.807, 2.05) is 22.7 Å². The first kappa shape index (κ1) is 37.5. The Morgan fingerprint density at radius 3 is 0.983 bits per heavy atom. The highest BCUT2D eigenvalue weighted by Crippen LogP contribution is 2.66. The Morgan fingerprint density at radius 1 is 0.367 bits per heavy atom. The van der Waals surface area contributed by atoms with Crippen molar-refractivity contribution in [2.24, 2.45) is 0 Å². The maximum absolute atomic E-state index is 5.95. The summed E-state index contributed by atoms with van der Waals surface area (Å²) in [4.78, 5) is 7.46. The fourth-order valence-electron chi connectivity index (χ4n) is 9.92. The van der Waals surface area contributed by atoms with Crippen LogP contribution in [-0.4, -0.2) is 14.2 Å². The molecule has 9 aromatic rings. The van der Waals surface area contributed by atoms with E-state index in [4.69, 9.17) is 9.47 Å². The Bertz CT molecular complexity index is 2780. The molecule has 4 aromatic heterocycles. The van der Waals surface area contributed by atoms with Crippen molar-refractivity contribution >= 4 is 45.3 Å². The van der Waals surface area contributed by atoms with Gasteiger partial charge < -0.3 is 9.47 Å². The molecule has 0 radical (unpaired) electrons. The summed E-state index contributed by atoms with van der Waals surface area (Å²) in [5, 5.41) is 4.28. The van der Waals surface area contributed by atoms with Crippen LogP contribution in [0.5, 0.6) is 11.5 Å². The first-order valence-electron chi connectivity index (χ1n) is 20.3. The molecule has 11 rings (SSSR count). The van der Waals surface area contributed by atoms with E-state index in [1.165, 1.54) is 107 Å². The topological polar surface area (TPSA) is 18.5 Å². The molecule has 0 fully saturated rings. The molecule has 60 heavy (non-hydrogen) atoms. The van der Waals surface area contributed by atoms with Crippen LogP contribution in [0.4, 0.5) is 0 Å². The molecule has 2 aliphatic rings. The molecule has 2 aliphatic carbocycles. The second-order valence-corrected chi connectivity index (χ2v) is 20.2. The van der Waals surface area contributed by atoms with Gasteiger partial charge >= 0.3 is 0 Å². The van der Waals surface area contributed by atoms with Crippen LogP contribution in [0.1, 0.15) is 66.8 Å². The number of thiophene rings is 4. The van der Waals surface area contributed by atoms with Crippen molar-refractivity contribution in [2.75, 3.05) is 14.2 Å². The minimum Gasteiger partial charge on any atom is -0.495 e. The number of ether oxygens (including phenoxy) is 2. The molecule has 0 unspecified atom stereocenters. The fourth-order valence-corrected chi connectivity index (χ4v) is 14.4. The molecule has 0 N–H and O–H groups in total. The van der Waals surface area contributed by atoms with Crippen molar-refractivity contribution in [3.63, 3.8) is 0 Å². The molecule has 0 aliphatic heterocycles. The van der Waals surface area contributed by atoms with E-state index in [-0.39, 0.29) is 0 Å². The third-order valence-corrected chi connectivity index (χ3v) is 17.3. The highest BCUT2D eigenvalue weighted by molar-refractivity contribution is 7.24. The van der Waals surface area contributed by atoms with Crippen molar-refractivity contribution < 1.29 is 9.47 Å². The minimum absolute atomic E-state index is 0.559. The molecular weight excluding hydrogens is 809 g/mol. The van der Waals surface area contributed by atoms with Gasteiger partial charge in [-0.3, -0.25) is 0 Å². The third-order valence-electron chi connectivity index (χ3n) is 12.8. The van der Waals surface area contributed by atoms with E-state index in [0.29, 0.717) is 0 Å². The third kappa shape index (κ3) is 5.27. The maximum Gasteiger partial charge on any atom is 0.138 e. The molecule has 0 bridgehead atoms. The first-order chi connectivity index (χ1) is 29.2. The molecule has 0 saturated heterocycles. The summed E-state index contributed by atoms with van der Waals surface area (Å²) in [5.74, 6) is 1.84. The van der Waals surface area contributed by atoms with Gasteiger partial charge in [-0.1, -0.05) is 119 Å². The number of benzene rings is 5. The van der Waals surface area contributed by atoms with E-state index in [1.54, 1.807) is 36.9 Å². The number of aryl methyl sites for hydroxylation is 4. The summed E-state index contributed by atoms with van der Waals surface area (Å²) in [7, 11) is 3.56. The van der Waals surface area contributed by atoms with Crippen LogP contribution >= 0.6 is 45.3 Å². The summed E-state index contributed by atoms with van der Waals surface area (Å²) in [5.41, 5.74) is 16.9. The molecule has 0 spiro atoms. The highest BCUT2D eigenvalue weighted by Gasteiger charge is 2.53. The lowest BCUT2D eigenvalue weighted by atomic mass is 9.65. The number of methoxy groups -OCH3 is 2.